The quantitative estimate of drug-likeness (QED) is 0.565. The summed E-state index contributed by atoms with van der Waals surface area (Å²) in [5.41, 5.74) is 2.00. The first-order valence-electron chi connectivity index (χ1n) is 11.4. The Morgan fingerprint density at radius 3 is 2.72 bits per heavy atom. The lowest BCUT2D eigenvalue weighted by atomic mass is 9.46. The fraction of sp³-hybridized carbons (Fsp3) is 0.500. The smallest absolute Gasteiger partial charge is 0.231 e. The normalized spacial score (nSPS) is 30.6. The maximum absolute atomic E-state index is 13.6. The molecule has 0 aliphatic heterocycles. The van der Waals surface area contributed by atoms with Crippen molar-refractivity contribution in [2.45, 2.75) is 57.5 Å². The molecule has 3 aromatic rings. The number of hydrogen-bond acceptors (Lipinski definition) is 4. The number of anilines is 1. The molecule has 0 saturated heterocycles. The third-order valence-corrected chi connectivity index (χ3v) is 8.13. The van der Waals surface area contributed by atoms with Crippen LogP contribution in [0, 0.1) is 24.2 Å². The van der Waals surface area contributed by atoms with E-state index in [1.807, 2.05) is 28.0 Å². The molecule has 2 atom stereocenters. The van der Waals surface area contributed by atoms with Crippen LogP contribution in [0.15, 0.2) is 47.6 Å². The van der Waals surface area contributed by atoms with Gasteiger partial charge in [-0.25, -0.2) is 9.67 Å². The van der Waals surface area contributed by atoms with Crippen LogP contribution >= 0.6 is 15.9 Å². The van der Waals surface area contributed by atoms with Crippen molar-refractivity contribution < 1.29 is 4.79 Å². The fourth-order valence-corrected chi connectivity index (χ4v) is 7.24. The minimum Gasteiger partial charge on any atom is -0.309 e. The highest BCUT2D eigenvalue weighted by molar-refractivity contribution is 9.10. The lowest BCUT2D eigenvalue weighted by Crippen LogP contribution is -2.60. The Hall–Kier alpha value is -2.48. The van der Waals surface area contributed by atoms with Gasteiger partial charge in [-0.05, 0) is 78.8 Å². The molecule has 2 heterocycles. The number of amides is 1. The van der Waals surface area contributed by atoms with Crippen molar-refractivity contribution in [3.8, 4) is 0 Å². The van der Waals surface area contributed by atoms with E-state index in [2.05, 4.69) is 67.6 Å². The molecule has 0 spiro atoms. The molecule has 166 valence electrons. The van der Waals surface area contributed by atoms with E-state index in [1.165, 1.54) is 17.5 Å². The number of carbonyl (C=O) groups excluding carboxylic acids is 1. The van der Waals surface area contributed by atoms with Gasteiger partial charge in [-0.15, -0.1) is 5.10 Å². The zero-order chi connectivity index (χ0) is 21.9. The third kappa shape index (κ3) is 3.39. The van der Waals surface area contributed by atoms with E-state index in [0.29, 0.717) is 28.9 Å². The van der Waals surface area contributed by atoms with Crippen molar-refractivity contribution in [3.63, 3.8) is 0 Å². The number of aromatic nitrogens is 5. The summed E-state index contributed by atoms with van der Waals surface area (Å²) in [6, 6.07) is 10.3. The molecule has 7 nitrogen and oxygen atoms in total. The van der Waals surface area contributed by atoms with Gasteiger partial charge in [0.25, 0.3) is 0 Å². The SMILES string of the molecule is Cc1cccc(Cn2ccc(NC(=O)C34CC5CC(C3)CC(n3cnc(Br)n3)(C5)C4)n2)c1. The highest BCUT2D eigenvalue weighted by Crippen LogP contribution is 2.64. The summed E-state index contributed by atoms with van der Waals surface area (Å²) in [7, 11) is 0. The van der Waals surface area contributed by atoms with E-state index in [9.17, 15) is 4.79 Å². The molecule has 4 fully saturated rings. The van der Waals surface area contributed by atoms with E-state index >= 15 is 0 Å². The third-order valence-electron chi connectivity index (χ3n) is 7.77. The summed E-state index contributed by atoms with van der Waals surface area (Å²) in [5, 5.41) is 12.4. The summed E-state index contributed by atoms with van der Waals surface area (Å²) in [5.74, 6) is 1.90. The summed E-state index contributed by atoms with van der Waals surface area (Å²) in [4.78, 5) is 17.9. The summed E-state index contributed by atoms with van der Waals surface area (Å²) < 4.78 is 4.54. The Morgan fingerprint density at radius 1 is 1.19 bits per heavy atom. The van der Waals surface area contributed by atoms with E-state index in [1.54, 1.807) is 0 Å². The maximum atomic E-state index is 13.6. The molecule has 2 aromatic heterocycles. The van der Waals surface area contributed by atoms with Crippen molar-refractivity contribution in [3.05, 3.63) is 58.7 Å². The van der Waals surface area contributed by atoms with Crippen LogP contribution in [0.3, 0.4) is 0 Å². The zero-order valence-corrected chi connectivity index (χ0v) is 19.8. The number of carbonyl (C=O) groups is 1. The molecular formula is C24H27BrN6O. The molecule has 4 saturated carbocycles. The molecular weight excluding hydrogens is 468 g/mol. The predicted molar refractivity (Wildman–Crippen MR) is 124 cm³/mol. The fourth-order valence-electron chi connectivity index (χ4n) is 6.98. The average Bonchev–Trinajstić information content (AvgIpc) is 3.36. The lowest BCUT2D eigenvalue weighted by molar-refractivity contribution is -0.150. The largest absolute Gasteiger partial charge is 0.309 e. The Bertz CT molecular complexity index is 1170. The number of aryl methyl sites for hydroxylation is 1. The first-order valence-corrected chi connectivity index (χ1v) is 12.2. The Morgan fingerprint density at radius 2 is 2.00 bits per heavy atom. The van der Waals surface area contributed by atoms with Gasteiger partial charge in [-0.1, -0.05) is 29.8 Å². The van der Waals surface area contributed by atoms with E-state index in [0.717, 1.165) is 32.1 Å². The maximum Gasteiger partial charge on any atom is 0.231 e. The minimum absolute atomic E-state index is 0.0923. The first-order chi connectivity index (χ1) is 15.4. The van der Waals surface area contributed by atoms with Crippen LogP contribution in [0.2, 0.25) is 0 Å². The monoisotopic (exact) mass is 494 g/mol. The van der Waals surface area contributed by atoms with Gasteiger partial charge >= 0.3 is 0 Å². The molecule has 0 radical (unpaired) electrons. The first kappa shape index (κ1) is 20.1. The topological polar surface area (TPSA) is 77.6 Å². The van der Waals surface area contributed by atoms with E-state index < -0.39 is 0 Å². The number of halogens is 1. The molecule has 4 aliphatic carbocycles. The van der Waals surface area contributed by atoms with Crippen LogP contribution in [-0.4, -0.2) is 30.5 Å². The van der Waals surface area contributed by atoms with Crippen LogP contribution in [0.25, 0.3) is 0 Å². The Kier molecular flexibility index (Phi) is 4.58. The van der Waals surface area contributed by atoms with Crippen LogP contribution in [0.4, 0.5) is 5.82 Å². The van der Waals surface area contributed by atoms with Gasteiger partial charge in [0, 0.05) is 12.3 Å². The molecule has 4 aliphatic rings. The van der Waals surface area contributed by atoms with Crippen molar-refractivity contribution in [2.75, 3.05) is 5.32 Å². The second kappa shape index (κ2) is 7.27. The van der Waals surface area contributed by atoms with Crippen LogP contribution in [0.1, 0.15) is 49.7 Å². The van der Waals surface area contributed by atoms with Gasteiger partial charge in [-0.2, -0.15) is 5.10 Å². The number of nitrogens with one attached hydrogen (secondary N) is 1. The number of benzene rings is 1. The van der Waals surface area contributed by atoms with Crippen LogP contribution in [-0.2, 0) is 16.9 Å². The van der Waals surface area contributed by atoms with Crippen molar-refractivity contribution in [2.24, 2.45) is 17.3 Å². The Labute approximate surface area is 195 Å². The van der Waals surface area contributed by atoms with Gasteiger partial charge in [0.1, 0.15) is 6.33 Å². The number of hydrogen-bond donors (Lipinski definition) is 1. The lowest BCUT2D eigenvalue weighted by Gasteiger charge is -2.60. The van der Waals surface area contributed by atoms with Gasteiger partial charge in [-0.3, -0.25) is 9.48 Å². The van der Waals surface area contributed by atoms with Crippen molar-refractivity contribution >= 4 is 27.7 Å². The molecule has 7 rings (SSSR count). The molecule has 2 unspecified atom stereocenters. The standard InChI is InChI=1S/C24H27BrN6O/c1-16-3-2-4-17(7-16)13-30-6-5-20(28-30)27-21(32)23-9-18-8-19(10-23)12-24(11-18,14-23)31-15-26-22(25)29-31/h2-7,15,18-19H,8-14H2,1H3,(H,27,28,32). The second-order valence-corrected chi connectivity index (χ2v) is 11.0. The van der Waals surface area contributed by atoms with Crippen molar-refractivity contribution in [1.29, 1.82) is 0 Å². The van der Waals surface area contributed by atoms with Crippen LogP contribution < -0.4 is 5.32 Å². The summed E-state index contributed by atoms with van der Waals surface area (Å²) in [6.07, 6.45) is 9.96. The molecule has 1 amide bonds. The van der Waals surface area contributed by atoms with Gasteiger partial charge in [0.05, 0.1) is 17.5 Å². The zero-order valence-electron chi connectivity index (χ0n) is 18.2. The van der Waals surface area contributed by atoms with Crippen LogP contribution in [0.5, 0.6) is 0 Å². The molecule has 8 heteroatoms. The van der Waals surface area contributed by atoms with E-state index in [-0.39, 0.29) is 16.9 Å². The number of rotatable bonds is 5. The predicted octanol–water partition coefficient (Wildman–Crippen LogP) is 4.53. The van der Waals surface area contributed by atoms with Gasteiger partial charge in [0.2, 0.25) is 10.6 Å². The van der Waals surface area contributed by atoms with Crippen molar-refractivity contribution in [1.82, 2.24) is 24.5 Å². The van der Waals surface area contributed by atoms with Gasteiger partial charge < -0.3 is 5.32 Å². The molecule has 1 N–H and O–H groups in total. The highest BCUT2D eigenvalue weighted by atomic mass is 79.9. The summed E-state index contributed by atoms with van der Waals surface area (Å²) >= 11 is 3.40. The highest BCUT2D eigenvalue weighted by Gasteiger charge is 2.61. The van der Waals surface area contributed by atoms with E-state index in [4.69, 9.17) is 0 Å². The average molecular weight is 495 g/mol. The molecule has 4 bridgehead atoms. The number of nitrogens with zero attached hydrogens (tertiary/aromatic N) is 5. The molecule has 1 aromatic carbocycles. The van der Waals surface area contributed by atoms with Gasteiger partial charge in [0.15, 0.2) is 5.82 Å². The second-order valence-electron chi connectivity index (χ2n) is 10.3. The molecule has 32 heavy (non-hydrogen) atoms. The Balaban J connectivity index is 1.22. The minimum atomic E-state index is -0.344. The summed E-state index contributed by atoms with van der Waals surface area (Å²) in [6.45, 7) is 2.78.